The van der Waals surface area contributed by atoms with Gasteiger partial charge in [-0.25, -0.2) is 4.98 Å². The van der Waals surface area contributed by atoms with Crippen LogP contribution in [0.4, 0.5) is 0 Å². The molecule has 3 unspecified atom stereocenters. The number of thiocarbonyl (C=S) groups is 1. The van der Waals surface area contributed by atoms with Crippen molar-refractivity contribution in [3.05, 3.63) is 23.9 Å². The first kappa shape index (κ1) is 15.2. The largest absolute Gasteiger partial charge is 0.474 e. The first-order chi connectivity index (χ1) is 9.47. The van der Waals surface area contributed by atoms with Crippen LogP contribution in [0.25, 0.3) is 0 Å². The quantitative estimate of drug-likeness (QED) is 0.862. The van der Waals surface area contributed by atoms with Crippen molar-refractivity contribution < 1.29 is 4.74 Å². The van der Waals surface area contributed by atoms with Crippen molar-refractivity contribution in [1.29, 1.82) is 0 Å². The molecule has 1 aromatic rings. The molecule has 1 aromatic heterocycles. The molecule has 2 rings (SSSR count). The van der Waals surface area contributed by atoms with E-state index in [2.05, 4.69) is 25.8 Å². The summed E-state index contributed by atoms with van der Waals surface area (Å²) in [5, 5.41) is 0. The lowest BCUT2D eigenvalue weighted by Gasteiger charge is -2.37. The van der Waals surface area contributed by atoms with Gasteiger partial charge in [-0.2, -0.15) is 0 Å². The van der Waals surface area contributed by atoms with Crippen LogP contribution < -0.4 is 10.5 Å². The van der Waals surface area contributed by atoms with E-state index in [9.17, 15) is 0 Å². The Bertz CT molecular complexity index is 458. The fourth-order valence-corrected chi connectivity index (χ4v) is 3.12. The lowest BCUT2D eigenvalue weighted by atomic mass is 9.75. The Morgan fingerprint density at radius 2 is 2.15 bits per heavy atom. The van der Waals surface area contributed by atoms with Crippen LogP contribution >= 0.6 is 12.2 Å². The molecule has 1 fully saturated rings. The summed E-state index contributed by atoms with van der Waals surface area (Å²) in [7, 11) is 0. The average molecular weight is 292 g/mol. The van der Waals surface area contributed by atoms with E-state index in [0.717, 1.165) is 17.9 Å². The van der Waals surface area contributed by atoms with Gasteiger partial charge in [-0.15, -0.1) is 0 Å². The van der Waals surface area contributed by atoms with Crippen molar-refractivity contribution in [3.8, 4) is 5.88 Å². The van der Waals surface area contributed by atoms with E-state index < -0.39 is 0 Å². The monoisotopic (exact) mass is 292 g/mol. The van der Waals surface area contributed by atoms with E-state index in [1.54, 1.807) is 6.20 Å². The summed E-state index contributed by atoms with van der Waals surface area (Å²) in [5.41, 5.74) is 6.36. The molecule has 2 N–H and O–H groups in total. The molecule has 1 saturated carbocycles. The number of hydrogen-bond acceptors (Lipinski definition) is 3. The highest BCUT2D eigenvalue weighted by atomic mass is 32.1. The van der Waals surface area contributed by atoms with E-state index in [-0.39, 0.29) is 6.10 Å². The summed E-state index contributed by atoms with van der Waals surface area (Å²) < 4.78 is 6.14. The minimum Gasteiger partial charge on any atom is -0.474 e. The molecule has 110 valence electrons. The number of pyridine rings is 1. The van der Waals surface area contributed by atoms with Gasteiger partial charge in [-0.1, -0.05) is 39.4 Å². The first-order valence-corrected chi connectivity index (χ1v) is 7.80. The van der Waals surface area contributed by atoms with Crippen LogP contribution in [0.2, 0.25) is 0 Å². The topological polar surface area (TPSA) is 48.1 Å². The van der Waals surface area contributed by atoms with E-state index in [1.165, 1.54) is 12.8 Å². The van der Waals surface area contributed by atoms with Gasteiger partial charge in [0.15, 0.2) is 0 Å². The fourth-order valence-electron chi connectivity index (χ4n) is 3.00. The minimum absolute atomic E-state index is 0.266. The predicted octanol–water partition coefficient (Wildman–Crippen LogP) is 3.56. The summed E-state index contributed by atoms with van der Waals surface area (Å²) in [6, 6.07) is 3.74. The van der Waals surface area contributed by atoms with Crippen molar-refractivity contribution in [1.82, 2.24) is 4.98 Å². The molecule has 20 heavy (non-hydrogen) atoms. The van der Waals surface area contributed by atoms with Gasteiger partial charge >= 0.3 is 0 Å². The normalized spacial score (nSPS) is 26.5. The zero-order valence-electron chi connectivity index (χ0n) is 12.5. The smallest absolute Gasteiger partial charge is 0.213 e. The number of nitrogens with zero attached hydrogens (tertiary/aromatic N) is 1. The van der Waals surface area contributed by atoms with Gasteiger partial charge in [0, 0.05) is 17.8 Å². The summed E-state index contributed by atoms with van der Waals surface area (Å²) in [6.07, 6.45) is 5.61. The van der Waals surface area contributed by atoms with Crippen LogP contribution in [0.3, 0.4) is 0 Å². The summed E-state index contributed by atoms with van der Waals surface area (Å²) >= 11 is 4.93. The number of aromatic nitrogens is 1. The Hall–Kier alpha value is -1.16. The van der Waals surface area contributed by atoms with E-state index in [4.69, 9.17) is 22.7 Å². The van der Waals surface area contributed by atoms with Gasteiger partial charge < -0.3 is 10.5 Å². The standard InChI is InChI=1S/C16H24N2OS/c1-10(2)13-6-4-11(3)8-14(13)19-15-7-5-12(9-18-15)16(17)20/h5,7,9-11,13-14H,4,6,8H2,1-3H3,(H2,17,20). The summed E-state index contributed by atoms with van der Waals surface area (Å²) in [4.78, 5) is 4.69. The van der Waals surface area contributed by atoms with Crippen LogP contribution in [-0.4, -0.2) is 16.1 Å². The third kappa shape index (κ3) is 3.69. The molecule has 0 radical (unpaired) electrons. The lowest BCUT2D eigenvalue weighted by Crippen LogP contribution is -2.36. The van der Waals surface area contributed by atoms with Gasteiger partial charge in [0.2, 0.25) is 5.88 Å². The molecule has 0 spiro atoms. The molecule has 3 atom stereocenters. The minimum atomic E-state index is 0.266. The Morgan fingerprint density at radius 1 is 1.40 bits per heavy atom. The Kier molecular flexibility index (Phi) is 4.97. The molecule has 1 heterocycles. The number of hydrogen-bond donors (Lipinski definition) is 1. The molecular formula is C16H24N2OS. The Morgan fingerprint density at radius 3 is 2.70 bits per heavy atom. The predicted molar refractivity (Wildman–Crippen MR) is 85.9 cm³/mol. The van der Waals surface area contributed by atoms with Crippen LogP contribution in [0, 0.1) is 17.8 Å². The van der Waals surface area contributed by atoms with Gasteiger partial charge in [-0.05, 0) is 36.7 Å². The molecule has 0 bridgehead atoms. The van der Waals surface area contributed by atoms with Gasteiger partial charge in [0.25, 0.3) is 0 Å². The molecule has 1 aliphatic rings. The van der Waals surface area contributed by atoms with Crippen molar-refractivity contribution in [2.24, 2.45) is 23.5 Å². The molecule has 0 saturated heterocycles. The zero-order chi connectivity index (χ0) is 14.7. The van der Waals surface area contributed by atoms with Gasteiger partial charge in [0.1, 0.15) is 11.1 Å². The second kappa shape index (κ2) is 6.53. The lowest BCUT2D eigenvalue weighted by molar-refractivity contribution is 0.0426. The van der Waals surface area contributed by atoms with Crippen LogP contribution in [0.1, 0.15) is 45.6 Å². The first-order valence-electron chi connectivity index (χ1n) is 7.40. The third-order valence-electron chi connectivity index (χ3n) is 4.25. The van der Waals surface area contributed by atoms with Gasteiger partial charge in [0.05, 0.1) is 0 Å². The number of rotatable bonds is 4. The molecule has 0 aromatic carbocycles. The maximum atomic E-state index is 6.14. The second-order valence-corrected chi connectivity index (χ2v) is 6.67. The van der Waals surface area contributed by atoms with Crippen LogP contribution in [-0.2, 0) is 0 Å². The molecule has 3 nitrogen and oxygen atoms in total. The molecular weight excluding hydrogens is 268 g/mol. The van der Waals surface area contributed by atoms with Crippen molar-refractivity contribution in [3.63, 3.8) is 0 Å². The zero-order valence-corrected chi connectivity index (χ0v) is 13.3. The van der Waals surface area contributed by atoms with Crippen LogP contribution in [0.15, 0.2) is 18.3 Å². The second-order valence-electron chi connectivity index (χ2n) is 6.23. The van der Waals surface area contributed by atoms with Crippen molar-refractivity contribution in [2.45, 2.75) is 46.1 Å². The number of ether oxygens (including phenoxy) is 1. The SMILES string of the molecule is CC1CCC(C(C)C)C(Oc2ccc(C(N)=S)cn2)C1. The highest BCUT2D eigenvalue weighted by Gasteiger charge is 2.32. The maximum absolute atomic E-state index is 6.14. The molecule has 4 heteroatoms. The van der Waals surface area contributed by atoms with Gasteiger partial charge in [-0.3, -0.25) is 0 Å². The Labute approximate surface area is 126 Å². The molecule has 0 amide bonds. The highest BCUT2D eigenvalue weighted by molar-refractivity contribution is 7.80. The number of nitrogens with two attached hydrogens (primary N) is 1. The van der Waals surface area contributed by atoms with E-state index >= 15 is 0 Å². The molecule has 1 aliphatic carbocycles. The van der Waals surface area contributed by atoms with Crippen molar-refractivity contribution in [2.75, 3.05) is 0 Å². The summed E-state index contributed by atoms with van der Waals surface area (Å²) in [6.45, 7) is 6.86. The van der Waals surface area contributed by atoms with E-state index in [1.807, 2.05) is 12.1 Å². The molecule has 0 aliphatic heterocycles. The summed E-state index contributed by atoms with van der Waals surface area (Å²) in [5.74, 6) is 2.66. The average Bonchev–Trinajstić information content (AvgIpc) is 2.39. The Balaban J connectivity index is 2.07. The third-order valence-corrected chi connectivity index (χ3v) is 4.49. The van der Waals surface area contributed by atoms with Crippen LogP contribution in [0.5, 0.6) is 5.88 Å². The van der Waals surface area contributed by atoms with Crippen molar-refractivity contribution >= 4 is 17.2 Å². The fraction of sp³-hybridized carbons (Fsp3) is 0.625. The maximum Gasteiger partial charge on any atom is 0.213 e. The highest BCUT2D eigenvalue weighted by Crippen LogP contribution is 2.35. The van der Waals surface area contributed by atoms with E-state index in [0.29, 0.717) is 22.7 Å².